The summed E-state index contributed by atoms with van der Waals surface area (Å²) >= 11 is 0. The molecule has 0 radical (unpaired) electrons. The molecular formula is C28H29NO6. The molecular weight excluding hydrogens is 446 g/mol. The number of amides is 1. The first-order valence-corrected chi connectivity index (χ1v) is 11.4. The second kappa shape index (κ2) is 9.70. The van der Waals surface area contributed by atoms with Gasteiger partial charge in [0.25, 0.3) is 0 Å². The highest BCUT2D eigenvalue weighted by molar-refractivity contribution is 5.87. The second-order valence-electron chi connectivity index (χ2n) is 8.49. The number of fused-ring (bicyclic) bond motifs is 3. The quantitative estimate of drug-likeness (QED) is 0.477. The molecule has 0 heterocycles. The summed E-state index contributed by atoms with van der Waals surface area (Å²) in [7, 11) is 2.96. The van der Waals surface area contributed by atoms with Crippen molar-refractivity contribution in [3.05, 3.63) is 83.4 Å². The Kier molecular flexibility index (Phi) is 6.69. The lowest BCUT2D eigenvalue weighted by atomic mass is 9.89. The number of hydrogen-bond donors (Lipinski definition) is 1. The molecule has 0 spiro atoms. The fourth-order valence-corrected chi connectivity index (χ4v) is 4.88. The summed E-state index contributed by atoms with van der Waals surface area (Å²) in [4.78, 5) is 27.2. The Balaban J connectivity index is 1.64. The van der Waals surface area contributed by atoms with E-state index in [-0.39, 0.29) is 19.1 Å². The molecule has 182 valence electrons. The number of carbonyl (C=O) groups excluding carboxylic acids is 1. The maximum atomic E-state index is 13.4. The zero-order chi connectivity index (χ0) is 25.2. The van der Waals surface area contributed by atoms with Gasteiger partial charge in [-0.25, -0.2) is 9.59 Å². The number of carboxylic acids is 1. The Bertz CT molecular complexity index is 1210. The Hall–Kier alpha value is -4.00. The van der Waals surface area contributed by atoms with Gasteiger partial charge >= 0.3 is 12.1 Å². The maximum absolute atomic E-state index is 13.4. The highest BCUT2D eigenvalue weighted by Gasteiger charge is 2.46. The van der Waals surface area contributed by atoms with Gasteiger partial charge in [-0.15, -0.1) is 0 Å². The van der Waals surface area contributed by atoms with Crippen molar-refractivity contribution < 1.29 is 28.9 Å². The molecule has 3 aromatic carbocycles. The molecule has 7 heteroatoms. The first-order valence-electron chi connectivity index (χ1n) is 11.4. The summed E-state index contributed by atoms with van der Waals surface area (Å²) in [5, 5.41) is 10.3. The Morgan fingerprint density at radius 1 is 0.943 bits per heavy atom. The summed E-state index contributed by atoms with van der Waals surface area (Å²) in [6.45, 7) is 3.41. The van der Waals surface area contributed by atoms with Crippen molar-refractivity contribution in [1.82, 2.24) is 4.90 Å². The van der Waals surface area contributed by atoms with Gasteiger partial charge in [-0.05, 0) is 48.2 Å². The van der Waals surface area contributed by atoms with Gasteiger partial charge in [0.1, 0.15) is 18.1 Å². The number of methoxy groups -OCH3 is 2. The summed E-state index contributed by atoms with van der Waals surface area (Å²) in [5.41, 5.74) is 3.01. The number of nitrogens with zero attached hydrogens (tertiary/aromatic N) is 1. The van der Waals surface area contributed by atoms with E-state index in [4.69, 9.17) is 14.2 Å². The van der Waals surface area contributed by atoms with Gasteiger partial charge in [-0.2, -0.15) is 0 Å². The van der Waals surface area contributed by atoms with Gasteiger partial charge in [0, 0.05) is 24.1 Å². The first kappa shape index (κ1) is 24.1. The van der Waals surface area contributed by atoms with Crippen molar-refractivity contribution in [3.8, 4) is 22.6 Å². The van der Waals surface area contributed by atoms with Crippen LogP contribution >= 0.6 is 0 Å². The molecule has 0 saturated carbocycles. The molecule has 0 fully saturated rings. The second-order valence-corrected chi connectivity index (χ2v) is 8.49. The van der Waals surface area contributed by atoms with Gasteiger partial charge in [-0.1, -0.05) is 48.5 Å². The van der Waals surface area contributed by atoms with E-state index in [1.54, 1.807) is 25.1 Å². The predicted octanol–water partition coefficient (Wildman–Crippen LogP) is 5.27. The van der Waals surface area contributed by atoms with Crippen LogP contribution in [0.2, 0.25) is 0 Å². The van der Waals surface area contributed by atoms with Crippen LogP contribution in [0.1, 0.15) is 36.5 Å². The van der Waals surface area contributed by atoms with E-state index in [1.165, 1.54) is 26.0 Å². The number of hydrogen-bond acceptors (Lipinski definition) is 5. The average Bonchev–Trinajstić information content (AvgIpc) is 3.20. The molecule has 0 saturated heterocycles. The van der Waals surface area contributed by atoms with Crippen molar-refractivity contribution in [2.75, 3.05) is 27.4 Å². The fraction of sp³-hybridized carbons (Fsp3) is 0.286. The van der Waals surface area contributed by atoms with E-state index in [0.29, 0.717) is 17.1 Å². The minimum absolute atomic E-state index is 0.0960. The Labute approximate surface area is 204 Å². The molecule has 35 heavy (non-hydrogen) atoms. The molecule has 1 atom stereocenters. The number of likely N-dealkylation sites (N-methyl/N-ethyl adjacent to an activating group) is 1. The van der Waals surface area contributed by atoms with Crippen LogP contribution in [0.25, 0.3) is 11.1 Å². The molecule has 0 aromatic heterocycles. The van der Waals surface area contributed by atoms with Gasteiger partial charge in [0.2, 0.25) is 0 Å². The van der Waals surface area contributed by atoms with Crippen LogP contribution < -0.4 is 9.47 Å². The van der Waals surface area contributed by atoms with Crippen molar-refractivity contribution in [2.24, 2.45) is 0 Å². The third-order valence-corrected chi connectivity index (χ3v) is 6.76. The van der Waals surface area contributed by atoms with Crippen LogP contribution in [-0.2, 0) is 15.1 Å². The SMILES string of the molecule is CCN(C(=O)OCC1c2ccccc2-c2ccccc21)C(C)(C(=O)O)c1ccc(OC)cc1OC. The Morgan fingerprint density at radius 2 is 1.54 bits per heavy atom. The van der Waals surface area contributed by atoms with Crippen LogP contribution in [0.4, 0.5) is 4.79 Å². The number of aliphatic carboxylic acids is 1. The summed E-state index contributed by atoms with van der Waals surface area (Å²) < 4.78 is 16.5. The zero-order valence-electron chi connectivity index (χ0n) is 20.3. The molecule has 1 unspecified atom stereocenters. The van der Waals surface area contributed by atoms with E-state index in [9.17, 15) is 14.7 Å². The van der Waals surface area contributed by atoms with Crippen LogP contribution in [0.5, 0.6) is 11.5 Å². The molecule has 7 nitrogen and oxygen atoms in total. The highest BCUT2D eigenvalue weighted by Crippen LogP contribution is 2.45. The average molecular weight is 476 g/mol. The van der Waals surface area contributed by atoms with E-state index >= 15 is 0 Å². The molecule has 1 N–H and O–H groups in total. The van der Waals surface area contributed by atoms with Gasteiger partial charge in [0.15, 0.2) is 5.54 Å². The standard InChI is InChI=1S/C28H29NO6/c1-5-29(28(2,26(30)31)24-15-14-18(33-3)16-25(24)34-4)27(32)35-17-23-21-12-8-6-10-19(21)20-11-7-9-13-22(20)23/h6-16,23H,5,17H2,1-4H3,(H,30,31). The highest BCUT2D eigenvalue weighted by atomic mass is 16.6. The summed E-state index contributed by atoms with van der Waals surface area (Å²) in [6.07, 6.45) is -0.711. The van der Waals surface area contributed by atoms with E-state index in [0.717, 1.165) is 22.3 Å². The molecule has 1 aliphatic rings. The van der Waals surface area contributed by atoms with Crippen LogP contribution in [0.3, 0.4) is 0 Å². The number of benzene rings is 3. The largest absolute Gasteiger partial charge is 0.497 e. The molecule has 1 amide bonds. The minimum Gasteiger partial charge on any atom is -0.497 e. The molecule has 1 aliphatic carbocycles. The van der Waals surface area contributed by atoms with E-state index < -0.39 is 17.6 Å². The molecule has 0 aliphatic heterocycles. The Morgan fingerprint density at radius 3 is 2.06 bits per heavy atom. The third kappa shape index (κ3) is 4.07. The van der Waals surface area contributed by atoms with E-state index in [1.807, 2.05) is 36.4 Å². The molecule has 4 rings (SSSR count). The predicted molar refractivity (Wildman–Crippen MR) is 132 cm³/mol. The van der Waals surface area contributed by atoms with E-state index in [2.05, 4.69) is 12.1 Å². The zero-order valence-corrected chi connectivity index (χ0v) is 20.3. The first-order chi connectivity index (χ1) is 16.9. The number of carbonyl (C=O) groups is 2. The third-order valence-electron chi connectivity index (χ3n) is 6.76. The van der Waals surface area contributed by atoms with Crippen LogP contribution in [0, 0.1) is 0 Å². The monoisotopic (exact) mass is 475 g/mol. The normalized spacial score (nSPS) is 13.8. The lowest BCUT2D eigenvalue weighted by Gasteiger charge is -2.37. The number of ether oxygens (including phenoxy) is 3. The summed E-state index contributed by atoms with van der Waals surface area (Å²) in [5.74, 6) is -0.505. The number of rotatable bonds is 8. The van der Waals surface area contributed by atoms with Gasteiger partial charge < -0.3 is 19.3 Å². The van der Waals surface area contributed by atoms with Crippen molar-refractivity contribution in [2.45, 2.75) is 25.3 Å². The smallest absolute Gasteiger partial charge is 0.411 e. The van der Waals surface area contributed by atoms with Crippen molar-refractivity contribution in [3.63, 3.8) is 0 Å². The van der Waals surface area contributed by atoms with Crippen LogP contribution in [0.15, 0.2) is 66.7 Å². The lowest BCUT2D eigenvalue weighted by Crippen LogP contribution is -2.53. The van der Waals surface area contributed by atoms with Crippen LogP contribution in [-0.4, -0.2) is 49.4 Å². The number of carboxylic acid groups (broad SMARTS) is 1. The summed E-state index contributed by atoms with van der Waals surface area (Å²) in [6, 6.07) is 21.0. The van der Waals surface area contributed by atoms with Crippen molar-refractivity contribution >= 4 is 12.1 Å². The van der Waals surface area contributed by atoms with Crippen molar-refractivity contribution in [1.29, 1.82) is 0 Å². The fourth-order valence-electron chi connectivity index (χ4n) is 4.88. The molecule has 0 bridgehead atoms. The van der Waals surface area contributed by atoms with Gasteiger partial charge in [0.05, 0.1) is 14.2 Å². The topological polar surface area (TPSA) is 85.3 Å². The maximum Gasteiger partial charge on any atom is 0.411 e. The molecule has 3 aromatic rings. The lowest BCUT2D eigenvalue weighted by molar-refractivity contribution is -0.150. The van der Waals surface area contributed by atoms with Gasteiger partial charge in [-0.3, -0.25) is 4.90 Å². The minimum atomic E-state index is -1.73.